The van der Waals surface area contributed by atoms with Crippen LogP contribution in [0.5, 0.6) is 0 Å². The number of carbonyl (C=O) groups is 3. The Morgan fingerprint density at radius 1 is 0.825 bits per heavy atom. The molecule has 0 saturated carbocycles. The third-order valence-corrected chi connectivity index (χ3v) is 12.2. The van der Waals surface area contributed by atoms with Gasteiger partial charge in [-0.05, 0) is 43.1 Å². The van der Waals surface area contributed by atoms with Crippen LogP contribution in [0, 0.1) is 5.92 Å². The first-order chi connectivity index (χ1) is 18.4. The van der Waals surface area contributed by atoms with Crippen LogP contribution < -0.4 is 10.4 Å². The molecule has 0 bridgehead atoms. The molecule has 0 aliphatic carbocycles. The molecule has 0 radical (unpaired) electrons. The van der Waals surface area contributed by atoms with Crippen molar-refractivity contribution in [1.29, 1.82) is 0 Å². The van der Waals surface area contributed by atoms with Gasteiger partial charge < -0.3 is 19.2 Å². The molecule has 0 saturated heterocycles. The summed E-state index contributed by atoms with van der Waals surface area (Å²) in [7, 11) is 0.0283. The summed E-state index contributed by atoms with van der Waals surface area (Å²) in [6.07, 6.45) is -0.656. The molecule has 1 N–H and O–H groups in total. The smallest absolute Gasteiger partial charge is 0.410 e. The van der Waals surface area contributed by atoms with Crippen LogP contribution in [0.2, 0.25) is 5.04 Å². The van der Waals surface area contributed by atoms with Gasteiger partial charge in [-0.1, -0.05) is 88.4 Å². The van der Waals surface area contributed by atoms with E-state index in [4.69, 9.17) is 9.16 Å². The zero-order valence-electron chi connectivity index (χ0n) is 25.6. The van der Waals surface area contributed by atoms with Crippen LogP contribution in [0.3, 0.4) is 0 Å². The van der Waals surface area contributed by atoms with Gasteiger partial charge in [-0.3, -0.25) is 9.69 Å². The highest BCUT2D eigenvalue weighted by Crippen LogP contribution is 2.37. The van der Waals surface area contributed by atoms with E-state index >= 15 is 0 Å². The summed E-state index contributed by atoms with van der Waals surface area (Å²) in [6.45, 7) is 15.2. The van der Waals surface area contributed by atoms with E-state index in [0.717, 1.165) is 10.4 Å². The van der Waals surface area contributed by atoms with E-state index in [1.54, 1.807) is 34.6 Å². The Morgan fingerprint density at radius 3 is 1.65 bits per heavy atom. The average Bonchev–Trinajstić information content (AvgIpc) is 2.87. The Kier molecular flexibility index (Phi) is 10.7. The van der Waals surface area contributed by atoms with E-state index in [-0.39, 0.29) is 11.6 Å². The Hall–Kier alpha value is -3.17. The zero-order chi connectivity index (χ0) is 30.5. The van der Waals surface area contributed by atoms with Gasteiger partial charge in [-0.15, -0.1) is 0 Å². The minimum atomic E-state index is -2.90. The number of likely N-dealkylation sites (N-methyl/N-ethyl adjacent to an activating group) is 2. The number of rotatable bonds is 10. The highest BCUT2D eigenvalue weighted by atomic mass is 28.4. The lowest BCUT2D eigenvalue weighted by Gasteiger charge is -2.44. The summed E-state index contributed by atoms with van der Waals surface area (Å²) in [5.41, 5.74) is -0.726. The largest absolute Gasteiger partial charge is 0.480 e. The summed E-state index contributed by atoms with van der Waals surface area (Å²) in [6, 6.07) is 18.1. The maximum Gasteiger partial charge on any atom is 0.410 e. The number of ether oxygens (including phenoxy) is 1. The van der Waals surface area contributed by atoms with Crippen molar-refractivity contribution in [1.82, 2.24) is 9.80 Å². The van der Waals surface area contributed by atoms with Gasteiger partial charge in [-0.2, -0.15) is 0 Å². The van der Waals surface area contributed by atoms with Crippen molar-refractivity contribution in [2.45, 2.75) is 78.1 Å². The molecule has 0 aromatic heterocycles. The molecule has 3 atom stereocenters. The normalized spacial score (nSPS) is 14.6. The number of aliphatic carboxylic acids is 1. The minimum Gasteiger partial charge on any atom is -0.480 e. The second kappa shape index (κ2) is 13.0. The highest BCUT2D eigenvalue weighted by Gasteiger charge is 2.51. The van der Waals surface area contributed by atoms with Crippen molar-refractivity contribution in [2.24, 2.45) is 5.92 Å². The SMILES string of the molecule is CC(CO[Si](c1ccccc1)(c1ccccc1)C(C)(C)C)C(C(=O)O)N(C)C(=O)C(C)N(C)C(=O)OC(C)(C)C. The Morgan fingerprint density at radius 2 is 1.27 bits per heavy atom. The Bertz CT molecular complexity index is 1100. The number of carboxylic acid groups (broad SMARTS) is 1. The van der Waals surface area contributed by atoms with Crippen LogP contribution in [-0.2, 0) is 18.8 Å². The molecule has 2 rings (SSSR count). The maximum atomic E-state index is 13.4. The van der Waals surface area contributed by atoms with Gasteiger partial charge >= 0.3 is 12.1 Å². The van der Waals surface area contributed by atoms with Crippen LogP contribution in [0.15, 0.2) is 60.7 Å². The fraction of sp³-hybridized carbons (Fsp3) is 0.516. The van der Waals surface area contributed by atoms with Gasteiger partial charge in [0.15, 0.2) is 0 Å². The summed E-state index contributed by atoms with van der Waals surface area (Å²) in [4.78, 5) is 40.8. The van der Waals surface area contributed by atoms with Crippen LogP contribution in [0.4, 0.5) is 4.79 Å². The minimum absolute atomic E-state index is 0.123. The first kappa shape index (κ1) is 33.0. The zero-order valence-corrected chi connectivity index (χ0v) is 26.6. The molecule has 0 aliphatic rings. The number of hydrogen-bond acceptors (Lipinski definition) is 5. The lowest BCUT2D eigenvalue weighted by atomic mass is 10.0. The maximum absolute atomic E-state index is 13.4. The molecular formula is C31H46N2O6Si. The molecule has 40 heavy (non-hydrogen) atoms. The van der Waals surface area contributed by atoms with Crippen LogP contribution in [-0.4, -0.2) is 79.6 Å². The van der Waals surface area contributed by atoms with Crippen molar-refractivity contribution in [3.05, 3.63) is 60.7 Å². The number of nitrogens with zero attached hydrogens (tertiary/aromatic N) is 2. The number of amides is 2. The number of carboxylic acids is 1. The van der Waals surface area contributed by atoms with Crippen molar-refractivity contribution >= 4 is 36.7 Å². The lowest BCUT2D eigenvalue weighted by molar-refractivity contribution is -0.153. The summed E-state index contributed by atoms with van der Waals surface area (Å²) < 4.78 is 12.3. The monoisotopic (exact) mass is 570 g/mol. The predicted octanol–water partition coefficient (Wildman–Crippen LogP) is 4.37. The highest BCUT2D eigenvalue weighted by molar-refractivity contribution is 6.99. The molecule has 2 amide bonds. The molecule has 2 aromatic carbocycles. The Balaban J connectivity index is 2.38. The topological polar surface area (TPSA) is 96.4 Å². The summed E-state index contributed by atoms with van der Waals surface area (Å²) in [5.74, 6) is -2.19. The van der Waals surface area contributed by atoms with Crippen LogP contribution in [0.25, 0.3) is 0 Å². The first-order valence-corrected chi connectivity index (χ1v) is 15.5. The molecule has 220 valence electrons. The molecular weight excluding hydrogens is 524 g/mol. The van der Waals surface area contributed by atoms with Crippen molar-refractivity contribution < 1.29 is 28.7 Å². The third-order valence-electron chi connectivity index (χ3n) is 7.16. The van der Waals surface area contributed by atoms with Crippen molar-refractivity contribution in [2.75, 3.05) is 20.7 Å². The van der Waals surface area contributed by atoms with Crippen LogP contribution >= 0.6 is 0 Å². The number of carbonyl (C=O) groups excluding carboxylic acids is 2. The molecule has 0 fully saturated rings. The van der Waals surface area contributed by atoms with E-state index < -0.39 is 49.9 Å². The molecule has 8 nitrogen and oxygen atoms in total. The second-order valence-electron chi connectivity index (χ2n) is 12.5. The molecule has 0 spiro atoms. The van der Waals surface area contributed by atoms with E-state index in [1.807, 2.05) is 36.4 Å². The van der Waals surface area contributed by atoms with Gasteiger partial charge in [0.05, 0.1) is 0 Å². The Labute approximate surface area is 240 Å². The molecule has 3 unspecified atom stereocenters. The summed E-state index contributed by atoms with van der Waals surface area (Å²) >= 11 is 0. The van der Waals surface area contributed by atoms with Gasteiger partial charge in [0, 0.05) is 26.6 Å². The molecule has 0 aliphatic heterocycles. The van der Waals surface area contributed by atoms with Gasteiger partial charge in [0.2, 0.25) is 5.91 Å². The fourth-order valence-electron chi connectivity index (χ4n) is 4.99. The van der Waals surface area contributed by atoms with Crippen molar-refractivity contribution in [3.8, 4) is 0 Å². The lowest BCUT2D eigenvalue weighted by Crippen LogP contribution is -2.67. The standard InChI is InChI=1S/C31H46N2O6Si/c1-22(26(28(35)36)33(10)27(34)23(2)32(9)29(37)39-30(3,4)5)21-38-40(31(6,7)8,24-17-13-11-14-18-24)25-19-15-12-16-20-25/h11-20,22-23,26H,21H2,1-10H3,(H,35,36). The van der Waals surface area contributed by atoms with E-state index in [1.165, 1.54) is 23.9 Å². The number of benzene rings is 2. The molecule has 2 aromatic rings. The van der Waals surface area contributed by atoms with Gasteiger partial charge in [0.1, 0.15) is 17.7 Å². The van der Waals surface area contributed by atoms with E-state index in [9.17, 15) is 19.5 Å². The average molecular weight is 571 g/mol. The quantitative estimate of drug-likeness (QED) is 0.427. The van der Waals surface area contributed by atoms with Crippen LogP contribution in [0.1, 0.15) is 55.4 Å². The van der Waals surface area contributed by atoms with Gasteiger partial charge in [-0.25, -0.2) is 9.59 Å². The molecule has 0 heterocycles. The first-order valence-electron chi connectivity index (χ1n) is 13.6. The third kappa shape index (κ3) is 7.51. The van der Waals surface area contributed by atoms with Crippen molar-refractivity contribution in [3.63, 3.8) is 0 Å². The summed E-state index contributed by atoms with van der Waals surface area (Å²) in [5, 5.41) is 12.1. The number of hydrogen-bond donors (Lipinski definition) is 1. The van der Waals surface area contributed by atoms with E-state index in [2.05, 4.69) is 45.0 Å². The molecule has 9 heteroatoms. The van der Waals surface area contributed by atoms with Gasteiger partial charge in [0.25, 0.3) is 8.32 Å². The second-order valence-corrected chi connectivity index (χ2v) is 16.8. The van der Waals surface area contributed by atoms with E-state index in [0.29, 0.717) is 0 Å². The fourth-order valence-corrected chi connectivity index (χ4v) is 9.66. The predicted molar refractivity (Wildman–Crippen MR) is 160 cm³/mol.